The molecule has 2 rings (SSSR count). The molecule has 0 radical (unpaired) electrons. The van der Waals surface area contributed by atoms with Crippen LogP contribution in [-0.2, 0) is 4.79 Å². The highest BCUT2D eigenvalue weighted by Crippen LogP contribution is 2.20. The molecular formula is C17H15ClN4O. The number of benzene rings is 2. The zero-order valence-corrected chi connectivity index (χ0v) is 13.2. The van der Waals surface area contributed by atoms with E-state index in [4.69, 9.17) is 22.6 Å². The molecule has 0 fully saturated rings. The van der Waals surface area contributed by atoms with Crippen LogP contribution in [0.1, 0.15) is 5.56 Å². The molecule has 0 aromatic heterocycles. The molecule has 0 aliphatic rings. The lowest BCUT2D eigenvalue weighted by Crippen LogP contribution is -2.14. The van der Waals surface area contributed by atoms with Crippen molar-refractivity contribution in [1.82, 2.24) is 0 Å². The van der Waals surface area contributed by atoms with Crippen molar-refractivity contribution < 1.29 is 4.79 Å². The number of hydrogen-bond acceptors (Lipinski definition) is 4. The molecule has 0 atom stereocenters. The molecule has 0 aliphatic carbocycles. The van der Waals surface area contributed by atoms with Crippen molar-refractivity contribution in [2.24, 2.45) is 0 Å². The lowest BCUT2D eigenvalue weighted by Gasteiger charge is -2.07. The van der Waals surface area contributed by atoms with E-state index in [9.17, 15) is 4.79 Å². The number of nitriles is 1. The van der Waals surface area contributed by atoms with Gasteiger partial charge >= 0.3 is 0 Å². The summed E-state index contributed by atoms with van der Waals surface area (Å²) in [5, 5.41) is 15.2. The van der Waals surface area contributed by atoms with Gasteiger partial charge in [0.15, 0.2) is 0 Å². The number of hydrogen-bond donors (Lipinski definition) is 3. The van der Waals surface area contributed by atoms with Gasteiger partial charge < -0.3 is 16.4 Å². The van der Waals surface area contributed by atoms with Crippen molar-refractivity contribution in [3.05, 3.63) is 64.8 Å². The fourth-order valence-electron chi connectivity index (χ4n) is 1.75. The fraction of sp³-hybridized carbons (Fsp3) is 0.0588. The van der Waals surface area contributed by atoms with E-state index in [1.165, 1.54) is 6.20 Å². The quantitative estimate of drug-likeness (QED) is 0.454. The standard InChI is InChI=1S/C17H15ClN4O/c1-11-2-5-15(8-16(11)18)22-17(23)12(9-19)10-21-14-6-3-13(20)4-7-14/h2-8,10,21H,20H2,1H3,(H,22,23)/b12-10-. The summed E-state index contributed by atoms with van der Waals surface area (Å²) in [4.78, 5) is 12.1. The second-order valence-electron chi connectivity index (χ2n) is 4.85. The number of aryl methyl sites for hydroxylation is 1. The van der Waals surface area contributed by atoms with Gasteiger partial charge in [-0.1, -0.05) is 17.7 Å². The fourth-order valence-corrected chi connectivity index (χ4v) is 1.93. The van der Waals surface area contributed by atoms with Crippen molar-refractivity contribution in [1.29, 1.82) is 5.26 Å². The van der Waals surface area contributed by atoms with Gasteiger partial charge in [0, 0.05) is 28.3 Å². The number of nitrogen functional groups attached to an aromatic ring is 1. The molecule has 4 N–H and O–H groups in total. The summed E-state index contributed by atoms with van der Waals surface area (Å²) in [6, 6.07) is 13.9. The summed E-state index contributed by atoms with van der Waals surface area (Å²) in [6.45, 7) is 1.87. The molecule has 0 unspecified atom stereocenters. The average molecular weight is 327 g/mol. The van der Waals surface area contributed by atoms with E-state index in [0.717, 1.165) is 11.3 Å². The van der Waals surface area contributed by atoms with Crippen LogP contribution in [-0.4, -0.2) is 5.91 Å². The Labute approximate surface area is 139 Å². The van der Waals surface area contributed by atoms with Gasteiger partial charge in [0.2, 0.25) is 0 Å². The lowest BCUT2D eigenvalue weighted by molar-refractivity contribution is -0.112. The summed E-state index contributed by atoms with van der Waals surface area (Å²) < 4.78 is 0. The molecule has 6 heteroatoms. The molecule has 0 saturated carbocycles. The smallest absolute Gasteiger partial charge is 0.267 e. The van der Waals surface area contributed by atoms with E-state index in [-0.39, 0.29) is 5.57 Å². The summed E-state index contributed by atoms with van der Waals surface area (Å²) in [6.07, 6.45) is 1.34. The van der Waals surface area contributed by atoms with E-state index in [1.807, 2.05) is 13.0 Å². The molecule has 2 aromatic rings. The molecule has 0 saturated heterocycles. The molecule has 2 aromatic carbocycles. The number of carbonyl (C=O) groups excluding carboxylic acids is 1. The minimum Gasteiger partial charge on any atom is -0.399 e. The van der Waals surface area contributed by atoms with Gasteiger partial charge in [-0.05, 0) is 48.9 Å². The number of halogens is 1. The number of amides is 1. The first-order valence-corrected chi connectivity index (χ1v) is 7.17. The topological polar surface area (TPSA) is 90.9 Å². The van der Waals surface area contributed by atoms with Crippen LogP contribution in [0.2, 0.25) is 5.02 Å². The monoisotopic (exact) mass is 326 g/mol. The Morgan fingerprint density at radius 1 is 1.22 bits per heavy atom. The van der Waals surface area contributed by atoms with Crippen molar-refractivity contribution in [3.63, 3.8) is 0 Å². The first kappa shape index (κ1) is 16.4. The number of rotatable bonds is 4. The van der Waals surface area contributed by atoms with Gasteiger partial charge in [-0.3, -0.25) is 4.79 Å². The average Bonchev–Trinajstić information content (AvgIpc) is 2.53. The van der Waals surface area contributed by atoms with Crippen molar-refractivity contribution in [3.8, 4) is 6.07 Å². The van der Waals surface area contributed by atoms with Crippen molar-refractivity contribution in [2.75, 3.05) is 16.4 Å². The van der Waals surface area contributed by atoms with Gasteiger partial charge in [-0.2, -0.15) is 5.26 Å². The highest BCUT2D eigenvalue weighted by Gasteiger charge is 2.10. The van der Waals surface area contributed by atoms with Crippen LogP contribution in [0, 0.1) is 18.3 Å². The van der Waals surface area contributed by atoms with E-state index < -0.39 is 5.91 Å². The first-order valence-electron chi connectivity index (χ1n) is 6.79. The molecule has 0 aliphatic heterocycles. The normalized spacial score (nSPS) is 10.7. The minimum atomic E-state index is -0.518. The molecule has 0 bridgehead atoms. The lowest BCUT2D eigenvalue weighted by atomic mass is 10.2. The summed E-state index contributed by atoms with van der Waals surface area (Å²) in [7, 11) is 0. The van der Waals surface area contributed by atoms with Crippen molar-refractivity contribution in [2.45, 2.75) is 6.92 Å². The van der Waals surface area contributed by atoms with Gasteiger partial charge in [-0.25, -0.2) is 0 Å². The zero-order chi connectivity index (χ0) is 16.8. The SMILES string of the molecule is Cc1ccc(NC(=O)/C(C#N)=C\Nc2ccc(N)cc2)cc1Cl. The van der Waals surface area contributed by atoms with Gasteiger partial charge in [0.25, 0.3) is 5.91 Å². The maximum absolute atomic E-state index is 12.1. The van der Waals surface area contributed by atoms with Gasteiger partial charge in [0.05, 0.1) is 0 Å². The summed E-state index contributed by atoms with van der Waals surface area (Å²) in [5.41, 5.74) is 8.33. The van der Waals surface area contributed by atoms with Crippen LogP contribution in [0.15, 0.2) is 54.2 Å². The first-order chi connectivity index (χ1) is 11.0. The predicted molar refractivity (Wildman–Crippen MR) is 93.0 cm³/mol. The van der Waals surface area contributed by atoms with Crippen LogP contribution in [0.5, 0.6) is 0 Å². The maximum atomic E-state index is 12.1. The van der Waals surface area contributed by atoms with E-state index in [0.29, 0.717) is 16.4 Å². The Hall–Kier alpha value is -2.97. The summed E-state index contributed by atoms with van der Waals surface area (Å²) in [5.74, 6) is -0.518. The van der Waals surface area contributed by atoms with E-state index >= 15 is 0 Å². The summed E-state index contributed by atoms with van der Waals surface area (Å²) >= 11 is 6.01. The third-order valence-electron chi connectivity index (χ3n) is 3.09. The number of nitrogens with two attached hydrogens (primary N) is 1. The van der Waals surface area contributed by atoms with Crippen LogP contribution in [0.25, 0.3) is 0 Å². The number of carbonyl (C=O) groups is 1. The molecule has 23 heavy (non-hydrogen) atoms. The predicted octanol–water partition coefficient (Wildman–Crippen LogP) is 3.69. The molecule has 0 spiro atoms. The third-order valence-corrected chi connectivity index (χ3v) is 3.50. The molecular weight excluding hydrogens is 312 g/mol. The van der Waals surface area contributed by atoms with Gasteiger partial charge in [0.1, 0.15) is 11.6 Å². The highest BCUT2D eigenvalue weighted by molar-refractivity contribution is 6.31. The molecule has 116 valence electrons. The van der Waals surface area contributed by atoms with Crippen LogP contribution < -0.4 is 16.4 Å². The van der Waals surface area contributed by atoms with E-state index in [1.54, 1.807) is 42.5 Å². The number of nitrogens with one attached hydrogen (secondary N) is 2. The Bertz CT molecular complexity index is 791. The Balaban J connectivity index is 2.08. The minimum absolute atomic E-state index is 0.0569. The highest BCUT2D eigenvalue weighted by atomic mass is 35.5. The molecule has 5 nitrogen and oxygen atoms in total. The van der Waals surface area contributed by atoms with Gasteiger partial charge in [-0.15, -0.1) is 0 Å². The van der Waals surface area contributed by atoms with Crippen LogP contribution in [0.4, 0.5) is 17.1 Å². The number of anilines is 3. The molecule has 0 heterocycles. The van der Waals surface area contributed by atoms with Crippen LogP contribution in [0.3, 0.4) is 0 Å². The van der Waals surface area contributed by atoms with Crippen molar-refractivity contribution >= 4 is 34.6 Å². The van der Waals surface area contributed by atoms with Crippen LogP contribution >= 0.6 is 11.6 Å². The maximum Gasteiger partial charge on any atom is 0.267 e. The Morgan fingerprint density at radius 2 is 1.87 bits per heavy atom. The zero-order valence-electron chi connectivity index (χ0n) is 12.4. The Morgan fingerprint density at radius 3 is 2.48 bits per heavy atom. The molecule has 1 amide bonds. The Kier molecular flexibility index (Phi) is 5.23. The third kappa shape index (κ3) is 4.50. The second-order valence-corrected chi connectivity index (χ2v) is 5.26. The number of nitrogens with zero attached hydrogens (tertiary/aromatic N) is 1. The second kappa shape index (κ2) is 7.34. The largest absolute Gasteiger partial charge is 0.399 e. The van der Waals surface area contributed by atoms with E-state index in [2.05, 4.69) is 10.6 Å².